The van der Waals surface area contributed by atoms with Crippen molar-refractivity contribution in [1.82, 2.24) is 14.9 Å². The van der Waals surface area contributed by atoms with Crippen LogP contribution in [0.25, 0.3) is 11.3 Å². The third-order valence-electron chi connectivity index (χ3n) is 4.80. The number of ether oxygens (including phenoxy) is 1. The molecule has 6 heteroatoms. The molecule has 0 spiro atoms. The SMILES string of the molecule is Cc1nc(OCCCC(O)CN2CCCCC2)cc(-c2ccc(F)cc2)n1. The van der Waals surface area contributed by atoms with Crippen LogP contribution in [0.3, 0.4) is 0 Å². The van der Waals surface area contributed by atoms with Gasteiger partial charge in [-0.2, -0.15) is 4.98 Å². The number of piperidine rings is 1. The molecule has 1 aliphatic rings. The summed E-state index contributed by atoms with van der Waals surface area (Å²) in [5.74, 6) is 0.841. The maximum absolute atomic E-state index is 13.1. The van der Waals surface area contributed by atoms with E-state index < -0.39 is 0 Å². The molecule has 0 radical (unpaired) electrons. The number of halogens is 1. The van der Waals surface area contributed by atoms with Crippen molar-refractivity contribution < 1.29 is 14.2 Å². The zero-order valence-electron chi connectivity index (χ0n) is 15.9. The summed E-state index contributed by atoms with van der Waals surface area (Å²) in [6.07, 6.45) is 4.95. The third kappa shape index (κ3) is 6.26. The lowest BCUT2D eigenvalue weighted by Gasteiger charge is -2.28. The molecule has 1 aromatic heterocycles. The van der Waals surface area contributed by atoms with E-state index in [4.69, 9.17) is 4.74 Å². The van der Waals surface area contributed by atoms with E-state index in [0.717, 1.165) is 31.6 Å². The lowest BCUT2D eigenvalue weighted by atomic mass is 10.1. The second-order valence-corrected chi connectivity index (χ2v) is 7.15. The highest BCUT2D eigenvalue weighted by Gasteiger charge is 2.14. The normalized spacial score (nSPS) is 16.3. The maximum Gasteiger partial charge on any atom is 0.217 e. The molecule has 3 rings (SSSR count). The number of likely N-dealkylation sites (tertiary alicyclic amines) is 1. The quantitative estimate of drug-likeness (QED) is 0.717. The molecule has 2 heterocycles. The van der Waals surface area contributed by atoms with Gasteiger partial charge in [0.1, 0.15) is 11.6 Å². The predicted molar refractivity (Wildman–Crippen MR) is 103 cm³/mol. The number of hydrogen-bond donors (Lipinski definition) is 1. The molecule has 0 bridgehead atoms. The summed E-state index contributed by atoms with van der Waals surface area (Å²) >= 11 is 0. The van der Waals surface area contributed by atoms with Gasteiger partial charge in [-0.25, -0.2) is 9.37 Å². The summed E-state index contributed by atoms with van der Waals surface area (Å²) in [7, 11) is 0. The van der Waals surface area contributed by atoms with Gasteiger partial charge < -0.3 is 14.7 Å². The van der Waals surface area contributed by atoms with Crippen molar-refractivity contribution in [2.45, 2.75) is 45.1 Å². The first kappa shape index (κ1) is 19.7. The topological polar surface area (TPSA) is 58.5 Å². The summed E-state index contributed by atoms with van der Waals surface area (Å²) in [5.41, 5.74) is 1.53. The number of β-amino-alcohol motifs (C(OH)–C–C–N with tert-alkyl or cyclic N) is 1. The van der Waals surface area contributed by atoms with E-state index in [0.29, 0.717) is 30.4 Å². The molecule has 1 saturated heterocycles. The number of aromatic nitrogens is 2. The summed E-state index contributed by atoms with van der Waals surface area (Å²) < 4.78 is 18.9. The number of aliphatic hydroxyl groups excluding tert-OH is 1. The highest BCUT2D eigenvalue weighted by Crippen LogP contribution is 2.21. The largest absolute Gasteiger partial charge is 0.478 e. The monoisotopic (exact) mass is 373 g/mol. The lowest BCUT2D eigenvalue weighted by molar-refractivity contribution is 0.0893. The number of hydrogen-bond acceptors (Lipinski definition) is 5. The van der Waals surface area contributed by atoms with Crippen LogP contribution in [0.4, 0.5) is 4.39 Å². The highest BCUT2D eigenvalue weighted by atomic mass is 19.1. The molecule has 0 saturated carbocycles. The summed E-state index contributed by atoms with van der Waals surface area (Å²) in [4.78, 5) is 11.1. The summed E-state index contributed by atoms with van der Waals surface area (Å²) in [5, 5.41) is 10.2. The van der Waals surface area contributed by atoms with Crippen LogP contribution in [-0.4, -0.2) is 52.3 Å². The van der Waals surface area contributed by atoms with E-state index in [1.165, 1.54) is 31.4 Å². The standard InChI is InChI=1S/C21H28FN3O2/c1-16-23-20(17-7-9-18(22)10-8-17)14-21(24-16)27-13-5-6-19(26)15-25-11-3-2-4-12-25/h7-10,14,19,26H,2-6,11-13,15H2,1H3. The van der Waals surface area contributed by atoms with Gasteiger partial charge in [0, 0.05) is 18.2 Å². The first-order valence-electron chi connectivity index (χ1n) is 9.75. The molecule has 27 heavy (non-hydrogen) atoms. The van der Waals surface area contributed by atoms with Crippen molar-refractivity contribution in [2.75, 3.05) is 26.2 Å². The molecule has 0 amide bonds. The Morgan fingerprint density at radius 3 is 2.63 bits per heavy atom. The van der Waals surface area contributed by atoms with Crippen molar-refractivity contribution in [1.29, 1.82) is 0 Å². The number of benzene rings is 1. The van der Waals surface area contributed by atoms with E-state index in [2.05, 4.69) is 14.9 Å². The van der Waals surface area contributed by atoms with Crippen molar-refractivity contribution in [3.63, 3.8) is 0 Å². The highest BCUT2D eigenvalue weighted by molar-refractivity contribution is 5.59. The molecule has 1 unspecified atom stereocenters. The van der Waals surface area contributed by atoms with Gasteiger partial charge in [0.05, 0.1) is 18.4 Å². The molecular weight excluding hydrogens is 345 g/mol. The van der Waals surface area contributed by atoms with Gasteiger partial charge >= 0.3 is 0 Å². The van der Waals surface area contributed by atoms with Gasteiger partial charge in [-0.3, -0.25) is 0 Å². The number of nitrogens with zero attached hydrogens (tertiary/aromatic N) is 3. The van der Waals surface area contributed by atoms with Gasteiger partial charge in [0.25, 0.3) is 0 Å². The molecule has 5 nitrogen and oxygen atoms in total. The van der Waals surface area contributed by atoms with Gasteiger partial charge in [-0.05, 0) is 70.0 Å². The number of aliphatic hydroxyl groups is 1. The van der Waals surface area contributed by atoms with Gasteiger partial charge in [0.15, 0.2) is 0 Å². The Kier molecular flexibility index (Phi) is 7.12. The van der Waals surface area contributed by atoms with Crippen molar-refractivity contribution in [3.05, 3.63) is 42.0 Å². The first-order valence-corrected chi connectivity index (χ1v) is 9.75. The Hall–Kier alpha value is -2.05. The minimum Gasteiger partial charge on any atom is -0.478 e. The Bertz CT molecular complexity index is 718. The fourth-order valence-electron chi connectivity index (χ4n) is 3.41. The van der Waals surface area contributed by atoms with E-state index in [-0.39, 0.29) is 11.9 Å². The summed E-state index contributed by atoms with van der Waals surface area (Å²) in [6.45, 7) is 5.25. The maximum atomic E-state index is 13.1. The van der Waals surface area contributed by atoms with Crippen LogP contribution < -0.4 is 4.74 Å². The average molecular weight is 373 g/mol. The Labute approximate surface area is 160 Å². The number of rotatable bonds is 8. The molecule has 2 aromatic rings. The fraction of sp³-hybridized carbons (Fsp3) is 0.524. The first-order chi connectivity index (χ1) is 13.1. The molecule has 1 atom stereocenters. The molecular formula is C21H28FN3O2. The van der Waals surface area contributed by atoms with Crippen LogP contribution in [0.15, 0.2) is 30.3 Å². The van der Waals surface area contributed by atoms with Crippen LogP contribution in [-0.2, 0) is 0 Å². The minimum atomic E-state index is -0.311. The molecule has 1 aromatic carbocycles. The zero-order valence-corrected chi connectivity index (χ0v) is 15.9. The second-order valence-electron chi connectivity index (χ2n) is 7.15. The van der Waals surface area contributed by atoms with Gasteiger partial charge in [0.2, 0.25) is 5.88 Å². The molecule has 1 N–H and O–H groups in total. The Balaban J connectivity index is 1.47. The number of aryl methyl sites for hydroxylation is 1. The van der Waals surface area contributed by atoms with E-state index in [9.17, 15) is 9.50 Å². The smallest absolute Gasteiger partial charge is 0.217 e. The Morgan fingerprint density at radius 1 is 1.15 bits per heavy atom. The average Bonchev–Trinajstić information content (AvgIpc) is 2.66. The van der Waals surface area contributed by atoms with E-state index in [1.54, 1.807) is 18.2 Å². The van der Waals surface area contributed by atoms with Crippen molar-refractivity contribution >= 4 is 0 Å². The predicted octanol–water partition coefficient (Wildman–Crippen LogP) is 3.60. The van der Waals surface area contributed by atoms with Crippen LogP contribution in [0.5, 0.6) is 5.88 Å². The molecule has 1 fully saturated rings. The van der Waals surface area contributed by atoms with Crippen LogP contribution in [0.1, 0.15) is 37.9 Å². The zero-order chi connectivity index (χ0) is 19.1. The van der Waals surface area contributed by atoms with Crippen molar-refractivity contribution in [2.24, 2.45) is 0 Å². The Morgan fingerprint density at radius 2 is 1.89 bits per heavy atom. The molecule has 0 aliphatic carbocycles. The van der Waals surface area contributed by atoms with E-state index in [1.807, 2.05) is 6.92 Å². The van der Waals surface area contributed by atoms with Crippen molar-refractivity contribution in [3.8, 4) is 17.1 Å². The summed E-state index contributed by atoms with van der Waals surface area (Å²) in [6, 6.07) is 7.98. The van der Waals surface area contributed by atoms with Gasteiger partial charge in [-0.1, -0.05) is 6.42 Å². The fourth-order valence-corrected chi connectivity index (χ4v) is 3.41. The van der Waals surface area contributed by atoms with Crippen LogP contribution in [0.2, 0.25) is 0 Å². The third-order valence-corrected chi connectivity index (χ3v) is 4.80. The minimum absolute atomic E-state index is 0.274. The molecule has 1 aliphatic heterocycles. The second kappa shape index (κ2) is 9.76. The lowest BCUT2D eigenvalue weighted by Crippen LogP contribution is -2.36. The van der Waals surface area contributed by atoms with E-state index >= 15 is 0 Å². The van der Waals surface area contributed by atoms with Crippen LogP contribution in [0, 0.1) is 12.7 Å². The molecule has 146 valence electrons. The van der Waals surface area contributed by atoms with Crippen LogP contribution >= 0.6 is 0 Å². The van der Waals surface area contributed by atoms with Gasteiger partial charge in [-0.15, -0.1) is 0 Å².